The summed E-state index contributed by atoms with van der Waals surface area (Å²) in [6.07, 6.45) is 12.5. The maximum atomic E-state index is 12.8. The average Bonchev–Trinajstić information content (AvgIpc) is 3.19. The molecular formula is C26H37N3O. The number of piperidine rings is 1. The molecule has 0 atom stereocenters. The van der Waals surface area contributed by atoms with Gasteiger partial charge >= 0.3 is 0 Å². The molecular weight excluding hydrogens is 370 g/mol. The van der Waals surface area contributed by atoms with Crippen LogP contribution in [0.5, 0.6) is 0 Å². The predicted molar refractivity (Wildman–Crippen MR) is 123 cm³/mol. The molecule has 4 rings (SSSR count). The van der Waals surface area contributed by atoms with E-state index >= 15 is 0 Å². The Hall–Kier alpha value is -2.10. The van der Waals surface area contributed by atoms with E-state index in [9.17, 15) is 4.79 Å². The summed E-state index contributed by atoms with van der Waals surface area (Å²) < 4.78 is 2.40. The molecule has 4 heteroatoms. The molecule has 162 valence electrons. The van der Waals surface area contributed by atoms with Crippen LogP contribution in [0, 0.1) is 5.92 Å². The summed E-state index contributed by atoms with van der Waals surface area (Å²) in [6.45, 7) is 9.60. The second-order valence-corrected chi connectivity index (χ2v) is 10.3. The maximum absolute atomic E-state index is 12.8. The molecule has 1 aromatic carbocycles. The van der Waals surface area contributed by atoms with Gasteiger partial charge in [0.05, 0.1) is 5.69 Å². The summed E-state index contributed by atoms with van der Waals surface area (Å²) in [6, 6.07) is 8.08. The molecule has 1 saturated carbocycles. The number of hydrogen-bond acceptors (Lipinski definition) is 2. The van der Waals surface area contributed by atoms with Crippen LogP contribution in [0.4, 0.5) is 0 Å². The van der Waals surface area contributed by atoms with E-state index in [4.69, 9.17) is 4.98 Å². The molecule has 0 bridgehead atoms. The standard InChI is InChI=1S/C26H37N3O/c1-26(2,3)25-27-23(19-29(25)18-20-10-6-4-7-11-20)21-12-14-22(15-13-21)24(30)28-16-8-5-9-17-28/h12-15,19-20H,4-11,16-18H2,1-3H3. The zero-order valence-electron chi connectivity index (χ0n) is 19.0. The number of likely N-dealkylation sites (tertiary alicyclic amines) is 1. The number of carbonyl (C=O) groups is 1. The van der Waals surface area contributed by atoms with Crippen molar-refractivity contribution in [2.75, 3.05) is 13.1 Å². The van der Waals surface area contributed by atoms with Gasteiger partial charge in [-0.25, -0.2) is 4.98 Å². The first kappa shape index (κ1) is 21.1. The van der Waals surface area contributed by atoms with Crippen molar-refractivity contribution in [1.29, 1.82) is 0 Å². The van der Waals surface area contributed by atoms with Gasteiger partial charge in [0.1, 0.15) is 5.82 Å². The van der Waals surface area contributed by atoms with Gasteiger partial charge in [-0.05, 0) is 50.2 Å². The fraction of sp³-hybridized carbons (Fsp3) is 0.615. The van der Waals surface area contributed by atoms with Crippen molar-refractivity contribution in [2.24, 2.45) is 5.92 Å². The third-order valence-corrected chi connectivity index (χ3v) is 6.70. The first-order valence-corrected chi connectivity index (χ1v) is 11.9. The van der Waals surface area contributed by atoms with Gasteiger partial charge in [0.15, 0.2) is 0 Å². The first-order valence-electron chi connectivity index (χ1n) is 11.9. The van der Waals surface area contributed by atoms with Gasteiger partial charge in [0.2, 0.25) is 0 Å². The minimum absolute atomic E-state index is 0.0110. The largest absolute Gasteiger partial charge is 0.339 e. The Morgan fingerprint density at radius 2 is 1.60 bits per heavy atom. The van der Waals surface area contributed by atoms with Crippen LogP contribution < -0.4 is 0 Å². The molecule has 0 N–H and O–H groups in total. The molecule has 2 aromatic rings. The number of imidazole rings is 1. The predicted octanol–water partition coefficient (Wildman–Crippen LogP) is 6.05. The lowest BCUT2D eigenvalue weighted by Gasteiger charge is -2.26. The van der Waals surface area contributed by atoms with E-state index in [1.165, 1.54) is 38.5 Å². The number of hydrogen-bond donors (Lipinski definition) is 0. The van der Waals surface area contributed by atoms with Crippen LogP contribution in [0.2, 0.25) is 0 Å². The Bertz CT molecular complexity index is 847. The van der Waals surface area contributed by atoms with Crippen LogP contribution in [-0.2, 0) is 12.0 Å². The molecule has 1 aliphatic carbocycles. The minimum atomic E-state index is 0.0110. The second kappa shape index (κ2) is 8.95. The van der Waals surface area contributed by atoms with E-state index in [1.54, 1.807) is 0 Å². The summed E-state index contributed by atoms with van der Waals surface area (Å²) in [5.41, 5.74) is 2.92. The molecule has 30 heavy (non-hydrogen) atoms. The van der Waals surface area contributed by atoms with Gasteiger partial charge in [-0.3, -0.25) is 4.79 Å². The highest BCUT2D eigenvalue weighted by Crippen LogP contribution is 2.31. The van der Waals surface area contributed by atoms with Crippen LogP contribution in [0.3, 0.4) is 0 Å². The van der Waals surface area contributed by atoms with Gasteiger partial charge in [0.25, 0.3) is 5.91 Å². The van der Waals surface area contributed by atoms with Gasteiger partial charge in [-0.15, -0.1) is 0 Å². The Labute approximate surface area is 181 Å². The lowest BCUT2D eigenvalue weighted by atomic mass is 9.88. The van der Waals surface area contributed by atoms with Crippen LogP contribution >= 0.6 is 0 Å². The zero-order chi connectivity index (χ0) is 21.1. The fourth-order valence-corrected chi connectivity index (χ4v) is 5.00. The number of rotatable bonds is 4. The highest BCUT2D eigenvalue weighted by molar-refractivity contribution is 5.94. The number of carbonyl (C=O) groups excluding carboxylic acids is 1. The molecule has 4 nitrogen and oxygen atoms in total. The van der Waals surface area contributed by atoms with Crippen LogP contribution in [0.1, 0.15) is 88.3 Å². The molecule has 2 aliphatic rings. The molecule has 1 saturated heterocycles. The zero-order valence-corrected chi connectivity index (χ0v) is 19.0. The van der Waals surface area contributed by atoms with E-state index in [2.05, 4.69) is 43.7 Å². The van der Waals surface area contributed by atoms with Crippen molar-refractivity contribution >= 4 is 5.91 Å². The van der Waals surface area contributed by atoms with Crippen molar-refractivity contribution in [3.05, 3.63) is 41.9 Å². The quantitative estimate of drug-likeness (QED) is 0.618. The van der Waals surface area contributed by atoms with E-state index in [0.717, 1.165) is 61.0 Å². The SMILES string of the molecule is CC(C)(C)c1nc(-c2ccc(C(=O)N3CCCCC3)cc2)cn1CC1CCCCC1. The van der Waals surface area contributed by atoms with Crippen molar-refractivity contribution in [3.8, 4) is 11.3 Å². The molecule has 1 amide bonds. The number of nitrogens with zero attached hydrogens (tertiary/aromatic N) is 3. The third-order valence-electron chi connectivity index (χ3n) is 6.70. The normalized spacial score (nSPS) is 18.6. The fourth-order valence-electron chi connectivity index (χ4n) is 5.00. The van der Waals surface area contributed by atoms with Gasteiger partial charge in [0, 0.05) is 42.4 Å². The van der Waals surface area contributed by atoms with Gasteiger partial charge in [-0.2, -0.15) is 0 Å². The van der Waals surface area contributed by atoms with Crippen molar-refractivity contribution in [3.63, 3.8) is 0 Å². The molecule has 1 aromatic heterocycles. The monoisotopic (exact) mass is 407 g/mol. The lowest BCUT2D eigenvalue weighted by molar-refractivity contribution is 0.0724. The summed E-state index contributed by atoms with van der Waals surface area (Å²) in [5, 5.41) is 0. The second-order valence-electron chi connectivity index (χ2n) is 10.3. The van der Waals surface area contributed by atoms with Gasteiger partial charge < -0.3 is 9.47 Å². The minimum Gasteiger partial charge on any atom is -0.339 e. The van der Waals surface area contributed by atoms with E-state index < -0.39 is 0 Å². The maximum Gasteiger partial charge on any atom is 0.253 e. The molecule has 0 radical (unpaired) electrons. The molecule has 2 heterocycles. The third kappa shape index (κ3) is 4.79. The topological polar surface area (TPSA) is 38.1 Å². The van der Waals surface area contributed by atoms with Crippen molar-refractivity contribution in [1.82, 2.24) is 14.5 Å². The Kier molecular flexibility index (Phi) is 6.31. The Morgan fingerprint density at radius 3 is 2.23 bits per heavy atom. The number of amides is 1. The lowest BCUT2D eigenvalue weighted by Crippen LogP contribution is -2.35. The molecule has 0 spiro atoms. The van der Waals surface area contributed by atoms with E-state index in [1.807, 2.05) is 17.0 Å². The highest BCUT2D eigenvalue weighted by atomic mass is 16.2. The van der Waals surface area contributed by atoms with E-state index in [-0.39, 0.29) is 11.3 Å². The van der Waals surface area contributed by atoms with Crippen LogP contribution in [-0.4, -0.2) is 33.4 Å². The van der Waals surface area contributed by atoms with Crippen LogP contribution in [0.15, 0.2) is 30.5 Å². The summed E-state index contributed by atoms with van der Waals surface area (Å²) in [5.74, 6) is 2.10. The number of aromatic nitrogens is 2. The molecule has 1 aliphatic heterocycles. The highest BCUT2D eigenvalue weighted by Gasteiger charge is 2.25. The first-order chi connectivity index (χ1) is 14.4. The number of benzene rings is 1. The van der Waals surface area contributed by atoms with Crippen molar-refractivity contribution in [2.45, 2.75) is 84.1 Å². The molecule has 0 unspecified atom stereocenters. The smallest absolute Gasteiger partial charge is 0.253 e. The van der Waals surface area contributed by atoms with E-state index in [0.29, 0.717) is 0 Å². The summed E-state index contributed by atoms with van der Waals surface area (Å²) in [7, 11) is 0. The van der Waals surface area contributed by atoms with Crippen molar-refractivity contribution < 1.29 is 4.79 Å². The summed E-state index contributed by atoms with van der Waals surface area (Å²) >= 11 is 0. The Balaban J connectivity index is 1.54. The van der Waals surface area contributed by atoms with Gasteiger partial charge in [-0.1, -0.05) is 52.2 Å². The Morgan fingerprint density at radius 1 is 0.967 bits per heavy atom. The van der Waals surface area contributed by atoms with Crippen LogP contribution in [0.25, 0.3) is 11.3 Å². The summed E-state index contributed by atoms with van der Waals surface area (Å²) in [4.78, 5) is 19.8. The average molecular weight is 408 g/mol. The molecule has 2 fully saturated rings.